The van der Waals surface area contributed by atoms with E-state index < -0.39 is 16.7 Å². The number of nitrogens with zero attached hydrogens (tertiary/aromatic N) is 5. The first-order chi connectivity index (χ1) is 11.5. The molecule has 2 aromatic heterocycles. The first-order valence-corrected chi connectivity index (χ1v) is 9.05. The third kappa shape index (κ3) is 3.80. The minimum absolute atomic E-state index is 0.520. The molecule has 0 radical (unpaired) electrons. The Hall–Kier alpha value is -1.84. The van der Waals surface area contributed by atoms with E-state index in [1.807, 2.05) is 37.3 Å². The van der Waals surface area contributed by atoms with Crippen LogP contribution in [0.1, 0.15) is 25.1 Å². The van der Waals surface area contributed by atoms with Crippen LogP contribution in [0.5, 0.6) is 0 Å². The maximum Gasteiger partial charge on any atom is 0.170 e. The zero-order chi connectivity index (χ0) is 17.2. The van der Waals surface area contributed by atoms with E-state index in [4.69, 9.17) is 0 Å². The largest absolute Gasteiger partial charge is 0.354 e. The fourth-order valence-corrected chi connectivity index (χ4v) is 3.73. The number of aryl methyl sites for hydroxylation is 1. The van der Waals surface area contributed by atoms with Crippen LogP contribution in [0.15, 0.2) is 24.5 Å². The monoisotopic (exact) mass is 349 g/mol. The molecule has 130 valence electrons. The summed E-state index contributed by atoms with van der Waals surface area (Å²) in [6, 6.07) is 4.10. The number of anilines is 1. The van der Waals surface area contributed by atoms with Crippen molar-refractivity contribution in [2.75, 3.05) is 31.1 Å². The predicted molar refractivity (Wildman–Crippen MR) is 93.4 cm³/mol. The highest BCUT2D eigenvalue weighted by Gasteiger charge is 2.29. The van der Waals surface area contributed by atoms with Crippen LogP contribution in [-0.4, -0.2) is 55.1 Å². The van der Waals surface area contributed by atoms with Gasteiger partial charge in [-0.1, -0.05) is 6.07 Å². The molecule has 9 heteroatoms. The summed E-state index contributed by atoms with van der Waals surface area (Å²) in [5, 5.41) is 10.5. The lowest BCUT2D eigenvalue weighted by atomic mass is 10.0. The molecule has 3 rings (SSSR count). The van der Waals surface area contributed by atoms with Crippen LogP contribution in [0.2, 0.25) is 0 Å². The highest BCUT2D eigenvalue weighted by molar-refractivity contribution is 7.80. The number of piperazine rings is 1. The van der Waals surface area contributed by atoms with Crippen molar-refractivity contribution in [1.82, 2.24) is 29.4 Å². The molecule has 2 aromatic rings. The zero-order valence-electron chi connectivity index (χ0n) is 14.2. The van der Waals surface area contributed by atoms with Crippen LogP contribution in [0, 0.1) is 6.92 Å². The Morgan fingerprint density at radius 2 is 1.96 bits per heavy atom. The van der Waals surface area contributed by atoms with Gasteiger partial charge in [-0.2, -0.15) is 15.4 Å². The van der Waals surface area contributed by atoms with Crippen molar-refractivity contribution in [2.24, 2.45) is 0 Å². The van der Waals surface area contributed by atoms with Crippen molar-refractivity contribution in [1.29, 1.82) is 0 Å². The Labute approximate surface area is 144 Å². The summed E-state index contributed by atoms with van der Waals surface area (Å²) in [6.07, 6.45) is 3.52. The van der Waals surface area contributed by atoms with Gasteiger partial charge in [-0.3, -0.25) is 0 Å². The summed E-state index contributed by atoms with van der Waals surface area (Å²) in [5.41, 5.74) is 1.36. The first kappa shape index (κ1) is 17.0. The molecule has 0 aliphatic carbocycles. The molecule has 1 aliphatic heterocycles. The molecule has 2 N–H and O–H groups in total. The Kier molecular flexibility index (Phi) is 4.93. The zero-order valence-corrected chi connectivity index (χ0v) is 15.0. The van der Waals surface area contributed by atoms with Crippen LogP contribution in [0.3, 0.4) is 0 Å². The van der Waals surface area contributed by atoms with Crippen molar-refractivity contribution < 1.29 is 4.21 Å². The summed E-state index contributed by atoms with van der Waals surface area (Å²) in [6.45, 7) is 8.93. The average Bonchev–Trinajstić information content (AvgIpc) is 3.11. The number of hydrogen-bond acceptors (Lipinski definition) is 5. The molecule has 1 fully saturated rings. The maximum atomic E-state index is 12.6. The summed E-state index contributed by atoms with van der Waals surface area (Å²) >= 11 is -1.28. The lowest BCUT2D eigenvalue weighted by molar-refractivity contribution is 0.387. The Morgan fingerprint density at radius 1 is 1.21 bits per heavy atom. The summed E-state index contributed by atoms with van der Waals surface area (Å²) in [4.78, 5) is 6.68. The van der Waals surface area contributed by atoms with Gasteiger partial charge in [0.05, 0.1) is 11.7 Å². The van der Waals surface area contributed by atoms with Crippen LogP contribution in [0.25, 0.3) is 0 Å². The van der Waals surface area contributed by atoms with E-state index in [2.05, 4.69) is 36.1 Å². The second kappa shape index (κ2) is 6.96. The van der Waals surface area contributed by atoms with Crippen LogP contribution >= 0.6 is 0 Å². The topological polar surface area (TPSA) is 90.0 Å². The van der Waals surface area contributed by atoms with E-state index in [1.54, 1.807) is 6.20 Å². The molecule has 0 amide bonds. The minimum atomic E-state index is -1.28. The van der Waals surface area contributed by atoms with E-state index in [0.717, 1.165) is 30.2 Å². The maximum absolute atomic E-state index is 12.6. The third-order valence-corrected chi connectivity index (χ3v) is 5.61. The fraction of sp³-hybridized carbons (Fsp3) is 0.533. The van der Waals surface area contributed by atoms with Crippen molar-refractivity contribution in [3.63, 3.8) is 0 Å². The highest BCUT2D eigenvalue weighted by atomic mass is 32.2. The molecular weight excluding hydrogens is 326 g/mol. The van der Waals surface area contributed by atoms with E-state index >= 15 is 0 Å². The Balaban J connectivity index is 1.56. The predicted octanol–water partition coefficient (Wildman–Crippen LogP) is 0.734. The van der Waals surface area contributed by atoms with Gasteiger partial charge in [0.15, 0.2) is 11.2 Å². The number of rotatable bonds is 5. The highest BCUT2D eigenvalue weighted by Crippen LogP contribution is 2.19. The van der Waals surface area contributed by atoms with E-state index in [0.29, 0.717) is 13.1 Å². The summed E-state index contributed by atoms with van der Waals surface area (Å²) < 4.78 is 17.7. The molecule has 0 spiro atoms. The standard InChI is InChI=1S/C15H23N7OS/c1-12-4-5-14(16-10-12)21-6-8-22(9-7-21)24(23)19-15(2,3)13-11-17-20-18-13/h4-5,10-11,19H,6-9H2,1-3H3,(H,17,18,20). The third-order valence-electron chi connectivity index (χ3n) is 4.09. The fourth-order valence-electron chi connectivity index (χ4n) is 2.57. The van der Waals surface area contributed by atoms with Gasteiger partial charge in [-0.25, -0.2) is 18.2 Å². The number of aromatic amines is 1. The lowest BCUT2D eigenvalue weighted by Gasteiger charge is -2.36. The number of aromatic nitrogens is 4. The summed E-state index contributed by atoms with van der Waals surface area (Å²) in [7, 11) is 0. The minimum Gasteiger partial charge on any atom is -0.354 e. The van der Waals surface area contributed by atoms with Gasteiger partial charge in [0, 0.05) is 32.4 Å². The second-order valence-electron chi connectivity index (χ2n) is 6.44. The quantitative estimate of drug-likeness (QED) is 0.831. The normalized spacial score (nSPS) is 17.9. The molecule has 8 nitrogen and oxygen atoms in total. The van der Waals surface area contributed by atoms with Gasteiger partial charge >= 0.3 is 0 Å². The molecule has 1 aliphatic rings. The smallest absolute Gasteiger partial charge is 0.170 e. The lowest BCUT2D eigenvalue weighted by Crippen LogP contribution is -2.52. The van der Waals surface area contributed by atoms with Gasteiger partial charge in [0.1, 0.15) is 11.5 Å². The van der Waals surface area contributed by atoms with E-state index in [-0.39, 0.29) is 0 Å². The second-order valence-corrected chi connectivity index (χ2v) is 7.66. The van der Waals surface area contributed by atoms with Gasteiger partial charge in [-0.15, -0.1) is 0 Å². The van der Waals surface area contributed by atoms with Crippen molar-refractivity contribution in [2.45, 2.75) is 26.3 Å². The number of H-pyrrole nitrogens is 1. The Morgan fingerprint density at radius 3 is 2.54 bits per heavy atom. The van der Waals surface area contributed by atoms with Gasteiger partial charge < -0.3 is 4.90 Å². The van der Waals surface area contributed by atoms with Gasteiger partial charge in [0.25, 0.3) is 0 Å². The van der Waals surface area contributed by atoms with Crippen molar-refractivity contribution >= 4 is 17.0 Å². The molecular formula is C15H23N7OS. The van der Waals surface area contributed by atoms with Gasteiger partial charge in [0.2, 0.25) is 0 Å². The van der Waals surface area contributed by atoms with Crippen molar-refractivity contribution in [3.05, 3.63) is 35.8 Å². The van der Waals surface area contributed by atoms with E-state index in [9.17, 15) is 4.21 Å². The van der Waals surface area contributed by atoms with Gasteiger partial charge in [-0.05, 0) is 32.4 Å². The molecule has 0 aromatic carbocycles. The van der Waals surface area contributed by atoms with Crippen LogP contribution in [-0.2, 0) is 16.7 Å². The molecule has 1 unspecified atom stereocenters. The molecule has 0 saturated carbocycles. The number of hydrogen-bond donors (Lipinski definition) is 2. The SMILES string of the molecule is Cc1ccc(N2CCN(S(=O)NC(C)(C)c3cn[nH]n3)CC2)nc1. The first-order valence-electron chi connectivity index (χ1n) is 7.94. The summed E-state index contributed by atoms with van der Waals surface area (Å²) in [5.74, 6) is 0.974. The number of pyridine rings is 1. The average molecular weight is 349 g/mol. The van der Waals surface area contributed by atoms with Crippen LogP contribution < -0.4 is 9.62 Å². The molecule has 3 heterocycles. The molecule has 1 saturated heterocycles. The van der Waals surface area contributed by atoms with Crippen molar-refractivity contribution in [3.8, 4) is 0 Å². The molecule has 1 atom stereocenters. The Bertz CT molecular complexity index is 678. The van der Waals surface area contributed by atoms with Crippen LogP contribution in [0.4, 0.5) is 5.82 Å². The van der Waals surface area contributed by atoms with E-state index in [1.165, 1.54) is 0 Å². The number of nitrogens with one attached hydrogen (secondary N) is 2. The molecule has 24 heavy (non-hydrogen) atoms. The molecule has 0 bridgehead atoms.